The van der Waals surface area contributed by atoms with Gasteiger partial charge in [0.25, 0.3) is 0 Å². The van der Waals surface area contributed by atoms with Gasteiger partial charge in [-0.05, 0) is 48.2 Å². The van der Waals surface area contributed by atoms with Crippen LogP contribution < -0.4 is 4.90 Å². The number of piperidine rings is 1. The van der Waals surface area contributed by atoms with Crippen molar-refractivity contribution in [2.45, 2.75) is 25.3 Å². The summed E-state index contributed by atoms with van der Waals surface area (Å²) in [5.74, 6) is -0.298. The monoisotopic (exact) mass is 429 g/mol. The molecule has 2 aliphatic rings. The third-order valence-corrected chi connectivity index (χ3v) is 6.71. The lowest BCUT2D eigenvalue weighted by Gasteiger charge is -2.59. The summed E-state index contributed by atoms with van der Waals surface area (Å²) >= 11 is 0. The number of amides is 2. The first-order valence-electron chi connectivity index (χ1n) is 10.9. The highest BCUT2D eigenvalue weighted by Gasteiger charge is 2.62. The fourth-order valence-corrected chi connectivity index (χ4v) is 5.08. The van der Waals surface area contributed by atoms with Gasteiger partial charge in [0.15, 0.2) is 0 Å². The number of hydrogen-bond donors (Lipinski definition) is 0. The van der Waals surface area contributed by atoms with Gasteiger partial charge < -0.3 is 9.80 Å². The molecule has 2 saturated heterocycles. The number of benzene rings is 2. The summed E-state index contributed by atoms with van der Waals surface area (Å²) in [4.78, 5) is 33.9. The minimum atomic E-state index is -0.571. The van der Waals surface area contributed by atoms with E-state index in [2.05, 4.69) is 4.98 Å². The molecule has 2 aliphatic heterocycles. The largest absolute Gasteiger partial charge is 0.342 e. The summed E-state index contributed by atoms with van der Waals surface area (Å²) in [6, 6.07) is 19.7. The van der Waals surface area contributed by atoms with Gasteiger partial charge in [-0.3, -0.25) is 14.6 Å². The molecule has 1 atom stereocenters. The van der Waals surface area contributed by atoms with Crippen molar-refractivity contribution in [2.75, 3.05) is 18.0 Å². The molecule has 2 amide bonds. The number of carbonyl (C=O) groups is 2. The van der Waals surface area contributed by atoms with Crippen molar-refractivity contribution in [2.24, 2.45) is 5.41 Å². The molecular formula is C26H24FN3O2. The number of pyridine rings is 1. The standard InChI is InChI=1S/C26H24FN3O2/c27-21-9-4-10-22(17-21)30-24(20-7-2-1-3-8-20)26(25(30)32)11-14-29(15-12-26)23(31)16-19-6-5-13-28-18-19/h1-10,13,17-18,24H,11-12,14-16H2. The Morgan fingerprint density at radius 3 is 2.50 bits per heavy atom. The molecule has 0 aliphatic carbocycles. The number of likely N-dealkylation sites (tertiary alicyclic amines) is 1. The van der Waals surface area contributed by atoms with Gasteiger partial charge in [-0.25, -0.2) is 4.39 Å². The molecule has 3 heterocycles. The number of nitrogens with zero attached hydrogens (tertiary/aromatic N) is 3. The Morgan fingerprint density at radius 1 is 1.03 bits per heavy atom. The maximum atomic E-state index is 13.9. The van der Waals surface area contributed by atoms with Gasteiger partial charge in [0.2, 0.25) is 11.8 Å². The molecule has 2 aromatic carbocycles. The maximum absolute atomic E-state index is 13.9. The molecule has 0 N–H and O–H groups in total. The summed E-state index contributed by atoms with van der Waals surface area (Å²) in [7, 11) is 0. The molecule has 0 radical (unpaired) electrons. The van der Waals surface area contributed by atoms with Crippen LogP contribution in [0.2, 0.25) is 0 Å². The summed E-state index contributed by atoms with van der Waals surface area (Å²) < 4.78 is 13.9. The van der Waals surface area contributed by atoms with Crippen molar-refractivity contribution in [1.82, 2.24) is 9.88 Å². The molecule has 6 heteroatoms. The van der Waals surface area contributed by atoms with E-state index in [1.807, 2.05) is 47.4 Å². The van der Waals surface area contributed by atoms with Crippen molar-refractivity contribution in [3.05, 3.63) is 96.1 Å². The first kappa shape index (κ1) is 20.4. The van der Waals surface area contributed by atoms with Crippen molar-refractivity contribution in [3.63, 3.8) is 0 Å². The highest BCUT2D eigenvalue weighted by molar-refractivity contribution is 6.06. The van der Waals surface area contributed by atoms with Crippen LogP contribution in [0.25, 0.3) is 0 Å². The Kier molecular flexibility index (Phi) is 5.21. The summed E-state index contributed by atoms with van der Waals surface area (Å²) in [6.07, 6.45) is 4.90. The van der Waals surface area contributed by atoms with E-state index in [4.69, 9.17) is 0 Å². The van der Waals surface area contributed by atoms with E-state index >= 15 is 0 Å². The number of halogens is 1. The third kappa shape index (κ3) is 3.45. The molecule has 1 unspecified atom stereocenters. The molecule has 32 heavy (non-hydrogen) atoms. The van der Waals surface area contributed by atoms with Crippen LogP contribution in [-0.2, 0) is 16.0 Å². The molecule has 162 valence electrons. The lowest BCUT2D eigenvalue weighted by Crippen LogP contribution is -2.67. The minimum Gasteiger partial charge on any atom is -0.342 e. The van der Waals surface area contributed by atoms with Crippen LogP contribution >= 0.6 is 0 Å². The molecule has 5 nitrogen and oxygen atoms in total. The van der Waals surface area contributed by atoms with Crippen LogP contribution in [0, 0.1) is 11.2 Å². The fourth-order valence-electron chi connectivity index (χ4n) is 5.08. The van der Waals surface area contributed by atoms with Crippen LogP contribution in [0.5, 0.6) is 0 Å². The van der Waals surface area contributed by atoms with Crippen LogP contribution in [0.1, 0.15) is 30.0 Å². The predicted molar refractivity (Wildman–Crippen MR) is 119 cm³/mol. The Morgan fingerprint density at radius 2 is 1.81 bits per heavy atom. The fraction of sp³-hybridized carbons (Fsp3) is 0.269. The average Bonchev–Trinajstić information content (AvgIpc) is 2.83. The normalized spacial score (nSPS) is 19.7. The molecule has 3 aromatic rings. The number of carbonyl (C=O) groups excluding carboxylic acids is 2. The first-order chi connectivity index (χ1) is 15.6. The Balaban J connectivity index is 1.38. The molecule has 1 aromatic heterocycles. The molecule has 0 saturated carbocycles. The van der Waals surface area contributed by atoms with Crippen LogP contribution in [0.4, 0.5) is 10.1 Å². The second-order valence-electron chi connectivity index (χ2n) is 8.54. The van der Waals surface area contributed by atoms with Crippen LogP contribution in [-0.4, -0.2) is 34.8 Å². The highest BCUT2D eigenvalue weighted by Crippen LogP contribution is 2.57. The van der Waals surface area contributed by atoms with E-state index in [1.165, 1.54) is 12.1 Å². The molecule has 2 fully saturated rings. The topological polar surface area (TPSA) is 53.5 Å². The summed E-state index contributed by atoms with van der Waals surface area (Å²) in [6.45, 7) is 1.07. The quantitative estimate of drug-likeness (QED) is 0.585. The van der Waals surface area contributed by atoms with Gasteiger partial charge in [-0.2, -0.15) is 0 Å². The van der Waals surface area contributed by atoms with Crippen molar-refractivity contribution < 1.29 is 14.0 Å². The highest BCUT2D eigenvalue weighted by atomic mass is 19.1. The van der Waals surface area contributed by atoms with Gasteiger partial charge in [-0.1, -0.05) is 42.5 Å². The van der Waals surface area contributed by atoms with Gasteiger partial charge in [0.1, 0.15) is 5.82 Å². The van der Waals surface area contributed by atoms with E-state index < -0.39 is 5.41 Å². The number of β-lactam (4-membered cyclic amide) rings is 1. The van der Waals surface area contributed by atoms with E-state index in [0.29, 0.717) is 38.0 Å². The number of aromatic nitrogens is 1. The second kappa shape index (κ2) is 8.19. The zero-order valence-electron chi connectivity index (χ0n) is 17.7. The van der Waals surface area contributed by atoms with Crippen molar-refractivity contribution in [1.29, 1.82) is 0 Å². The maximum Gasteiger partial charge on any atom is 0.236 e. The lowest BCUT2D eigenvalue weighted by atomic mass is 9.62. The Hall–Kier alpha value is -3.54. The van der Waals surface area contributed by atoms with Gasteiger partial charge in [-0.15, -0.1) is 0 Å². The third-order valence-electron chi connectivity index (χ3n) is 6.71. The van der Waals surface area contributed by atoms with Gasteiger partial charge in [0, 0.05) is 31.2 Å². The van der Waals surface area contributed by atoms with Crippen LogP contribution in [0.3, 0.4) is 0 Å². The number of rotatable bonds is 4. The molecule has 0 bridgehead atoms. The molecule has 1 spiro atoms. The molecule has 5 rings (SSSR count). The Labute approximate surface area is 186 Å². The van der Waals surface area contributed by atoms with E-state index in [-0.39, 0.29) is 23.7 Å². The smallest absolute Gasteiger partial charge is 0.236 e. The summed E-state index contributed by atoms with van der Waals surface area (Å²) in [5, 5.41) is 0. The predicted octanol–water partition coefficient (Wildman–Crippen LogP) is 4.16. The first-order valence-corrected chi connectivity index (χ1v) is 10.9. The zero-order chi connectivity index (χ0) is 22.1. The van der Waals surface area contributed by atoms with E-state index in [0.717, 1.165) is 11.1 Å². The molecular weight excluding hydrogens is 405 g/mol. The lowest BCUT2D eigenvalue weighted by molar-refractivity contribution is -0.149. The number of hydrogen-bond acceptors (Lipinski definition) is 3. The van der Waals surface area contributed by atoms with E-state index in [9.17, 15) is 14.0 Å². The summed E-state index contributed by atoms with van der Waals surface area (Å²) in [5.41, 5.74) is 1.92. The van der Waals surface area contributed by atoms with Gasteiger partial charge >= 0.3 is 0 Å². The van der Waals surface area contributed by atoms with Crippen LogP contribution in [0.15, 0.2) is 79.1 Å². The second-order valence-corrected chi connectivity index (χ2v) is 8.54. The Bertz CT molecular complexity index is 1130. The van der Waals surface area contributed by atoms with E-state index in [1.54, 1.807) is 29.4 Å². The minimum absolute atomic E-state index is 0.0105. The SMILES string of the molecule is O=C(Cc1cccnc1)N1CCC2(CC1)C(=O)N(c1cccc(F)c1)C2c1ccccc1. The van der Waals surface area contributed by atoms with Gasteiger partial charge in [0.05, 0.1) is 17.9 Å². The zero-order valence-corrected chi connectivity index (χ0v) is 17.7. The van der Waals surface area contributed by atoms with Crippen molar-refractivity contribution >= 4 is 17.5 Å². The van der Waals surface area contributed by atoms with Crippen molar-refractivity contribution in [3.8, 4) is 0 Å². The average molecular weight is 429 g/mol. The number of anilines is 1.